The molecular formula is C11H10ClF3N2O4. The minimum Gasteiger partial charge on any atom is -0.480 e. The Kier molecular flexibility index (Phi) is 5.39. The van der Waals surface area contributed by atoms with Gasteiger partial charge in [0.15, 0.2) is 6.04 Å². The largest absolute Gasteiger partial charge is 0.480 e. The maximum atomic E-state index is 12.4. The third-order valence-corrected chi connectivity index (χ3v) is 2.64. The average molecular weight is 327 g/mol. The number of aliphatic carboxylic acids is 1. The molecule has 4 N–H and O–H groups in total. The summed E-state index contributed by atoms with van der Waals surface area (Å²) in [5.74, 6) is -1.47. The number of nitrogens with one attached hydrogen (secondary N) is 2. The lowest BCUT2D eigenvalue weighted by Gasteiger charge is -2.14. The fourth-order valence-electron chi connectivity index (χ4n) is 1.29. The first-order valence-corrected chi connectivity index (χ1v) is 5.81. The number of alkyl halides is 3. The number of amides is 2. The molecule has 0 heterocycles. The van der Waals surface area contributed by atoms with E-state index in [1.807, 2.05) is 5.32 Å². The Morgan fingerprint density at radius 2 is 1.95 bits per heavy atom. The summed E-state index contributed by atoms with van der Waals surface area (Å²) in [5.41, 5.74) is -1.12. The van der Waals surface area contributed by atoms with Crippen molar-refractivity contribution in [2.45, 2.75) is 12.2 Å². The van der Waals surface area contributed by atoms with Crippen molar-refractivity contribution in [1.82, 2.24) is 5.32 Å². The first kappa shape index (κ1) is 17.1. The van der Waals surface area contributed by atoms with Gasteiger partial charge in [-0.25, -0.2) is 9.59 Å². The third kappa shape index (κ3) is 4.80. The zero-order valence-electron chi connectivity index (χ0n) is 10.2. The topological polar surface area (TPSA) is 98.7 Å². The van der Waals surface area contributed by atoms with Gasteiger partial charge in [-0.1, -0.05) is 11.6 Å². The van der Waals surface area contributed by atoms with Gasteiger partial charge < -0.3 is 20.8 Å². The minimum absolute atomic E-state index is 0.135. The number of urea groups is 1. The van der Waals surface area contributed by atoms with Crippen molar-refractivity contribution in [3.63, 3.8) is 0 Å². The number of aliphatic hydroxyl groups excluding tert-OH is 1. The smallest absolute Gasteiger partial charge is 0.416 e. The standard InChI is InChI=1S/C11H10ClF3N2O4/c12-6-3-5(11(13,14)15)1-2-7(6)16-10(21)17-8(4-18)9(19)20/h1-3,8,18H,4H2,(H,19,20)(H2,16,17,21)/t8-/m0/s1. The lowest BCUT2D eigenvalue weighted by atomic mass is 10.2. The quantitative estimate of drug-likeness (QED) is 0.679. The zero-order valence-corrected chi connectivity index (χ0v) is 11.0. The van der Waals surface area contributed by atoms with Gasteiger partial charge in [0.1, 0.15) is 0 Å². The molecule has 116 valence electrons. The molecule has 1 atom stereocenters. The molecule has 0 aliphatic rings. The number of carboxylic acids is 1. The number of halogens is 4. The summed E-state index contributed by atoms with van der Waals surface area (Å²) >= 11 is 5.60. The molecule has 0 spiro atoms. The van der Waals surface area contributed by atoms with Crippen LogP contribution in [-0.4, -0.2) is 34.9 Å². The molecule has 0 radical (unpaired) electrons. The molecule has 0 aromatic heterocycles. The van der Waals surface area contributed by atoms with Crippen LogP contribution in [0.3, 0.4) is 0 Å². The van der Waals surface area contributed by atoms with Gasteiger partial charge >= 0.3 is 18.2 Å². The van der Waals surface area contributed by atoms with Gasteiger partial charge in [0.25, 0.3) is 0 Å². The van der Waals surface area contributed by atoms with Crippen molar-refractivity contribution in [3.05, 3.63) is 28.8 Å². The number of aliphatic hydroxyl groups is 1. The van der Waals surface area contributed by atoms with E-state index >= 15 is 0 Å². The first-order chi connectivity index (χ1) is 9.65. The molecule has 1 rings (SSSR count). The van der Waals surface area contributed by atoms with Crippen LogP contribution in [-0.2, 0) is 11.0 Å². The number of carbonyl (C=O) groups excluding carboxylic acids is 1. The molecule has 1 aromatic carbocycles. The van der Waals surface area contributed by atoms with E-state index < -0.39 is 36.4 Å². The summed E-state index contributed by atoms with van der Waals surface area (Å²) in [6, 6.07) is -0.309. The predicted octanol–water partition coefficient (Wildman–Crippen LogP) is 1.93. The fourth-order valence-corrected chi connectivity index (χ4v) is 1.52. The average Bonchev–Trinajstić information content (AvgIpc) is 2.36. The fraction of sp³-hybridized carbons (Fsp3) is 0.273. The second-order valence-electron chi connectivity index (χ2n) is 3.86. The van der Waals surface area contributed by atoms with Gasteiger partial charge in [-0.05, 0) is 18.2 Å². The highest BCUT2D eigenvalue weighted by molar-refractivity contribution is 6.33. The first-order valence-electron chi connectivity index (χ1n) is 5.43. The van der Waals surface area contributed by atoms with E-state index in [0.29, 0.717) is 12.1 Å². The summed E-state index contributed by atoms with van der Waals surface area (Å²) in [6.07, 6.45) is -4.57. The normalized spacial score (nSPS) is 12.6. The molecule has 6 nitrogen and oxygen atoms in total. The van der Waals surface area contributed by atoms with E-state index in [2.05, 4.69) is 5.32 Å². The zero-order chi connectivity index (χ0) is 16.2. The highest BCUT2D eigenvalue weighted by Crippen LogP contribution is 2.33. The minimum atomic E-state index is -4.57. The Hall–Kier alpha value is -2.00. The Morgan fingerprint density at radius 1 is 1.33 bits per heavy atom. The number of carboxylic acid groups (broad SMARTS) is 1. The van der Waals surface area contributed by atoms with Crippen LogP contribution in [0.1, 0.15) is 5.56 Å². The van der Waals surface area contributed by atoms with E-state index in [9.17, 15) is 22.8 Å². The predicted molar refractivity (Wildman–Crippen MR) is 67.1 cm³/mol. The SMILES string of the molecule is O=C(Nc1ccc(C(F)(F)F)cc1Cl)N[C@@H](CO)C(=O)O. The Labute approximate surface area is 121 Å². The lowest BCUT2D eigenvalue weighted by molar-refractivity contribution is -0.140. The Morgan fingerprint density at radius 3 is 2.38 bits per heavy atom. The molecule has 0 saturated heterocycles. The summed E-state index contributed by atoms with van der Waals surface area (Å²) in [5, 5.41) is 21.0. The van der Waals surface area contributed by atoms with Crippen LogP contribution in [0.2, 0.25) is 5.02 Å². The summed E-state index contributed by atoms with van der Waals surface area (Å²) < 4.78 is 37.3. The monoisotopic (exact) mass is 326 g/mol. The van der Waals surface area contributed by atoms with Crippen LogP contribution in [0, 0.1) is 0 Å². The van der Waals surface area contributed by atoms with E-state index in [-0.39, 0.29) is 10.7 Å². The van der Waals surface area contributed by atoms with Gasteiger partial charge in [0.05, 0.1) is 22.9 Å². The number of benzene rings is 1. The number of rotatable bonds is 4. The molecule has 2 amide bonds. The van der Waals surface area contributed by atoms with Crippen LogP contribution in [0.5, 0.6) is 0 Å². The summed E-state index contributed by atoms with van der Waals surface area (Å²) in [4.78, 5) is 22.0. The van der Waals surface area contributed by atoms with Crippen LogP contribution in [0.15, 0.2) is 18.2 Å². The molecule has 10 heteroatoms. The van der Waals surface area contributed by atoms with Gasteiger partial charge in [0, 0.05) is 0 Å². The molecule has 1 aromatic rings. The third-order valence-electron chi connectivity index (χ3n) is 2.33. The lowest BCUT2D eigenvalue weighted by Crippen LogP contribution is -2.45. The molecule has 0 bridgehead atoms. The van der Waals surface area contributed by atoms with Crippen LogP contribution in [0.25, 0.3) is 0 Å². The second-order valence-corrected chi connectivity index (χ2v) is 4.27. The van der Waals surface area contributed by atoms with Crippen LogP contribution in [0.4, 0.5) is 23.7 Å². The van der Waals surface area contributed by atoms with Gasteiger partial charge in [-0.3, -0.25) is 0 Å². The Bertz CT molecular complexity index is 551. The number of hydrogen-bond acceptors (Lipinski definition) is 3. The number of hydrogen-bond donors (Lipinski definition) is 4. The van der Waals surface area contributed by atoms with Crippen molar-refractivity contribution >= 4 is 29.3 Å². The molecular weight excluding hydrogens is 317 g/mol. The number of carbonyl (C=O) groups is 2. The van der Waals surface area contributed by atoms with Crippen molar-refractivity contribution < 1.29 is 33.0 Å². The van der Waals surface area contributed by atoms with E-state index in [1.165, 1.54) is 0 Å². The molecule has 0 aliphatic carbocycles. The van der Waals surface area contributed by atoms with Gasteiger partial charge in [-0.2, -0.15) is 13.2 Å². The highest BCUT2D eigenvalue weighted by atomic mass is 35.5. The summed E-state index contributed by atoms with van der Waals surface area (Å²) in [6.45, 7) is -0.844. The van der Waals surface area contributed by atoms with Crippen molar-refractivity contribution in [3.8, 4) is 0 Å². The maximum Gasteiger partial charge on any atom is 0.416 e. The maximum absolute atomic E-state index is 12.4. The van der Waals surface area contributed by atoms with Crippen LogP contribution >= 0.6 is 11.6 Å². The van der Waals surface area contributed by atoms with Crippen molar-refractivity contribution in [1.29, 1.82) is 0 Å². The molecule has 0 fully saturated rings. The van der Waals surface area contributed by atoms with Crippen molar-refractivity contribution in [2.75, 3.05) is 11.9 Å². The van der Waals surface area contributed by atoms with E-state index in [0.717, 1.165) is 6.07 Å². The second kappa shape index (κ2) is 6.64. The molecule has 21 heavy (non-hydrogen) atoms. The molecule has 0 saturated carbocycles. The van der Waals surface area contributed by atoms with Gasteiger partial charge in [0.2, 0.25) is 0 Å². The number of anilines is 1. The van der Waals surface area contributed by atoms with Crippen LogP contribution < -0.4 is 10.6 Å². The Balaban J connectivity index is 2.80. The molecule has 0 unspecified atom stereocenters. The van der Waals surface area contributed by atoms with Gasteiger partial charge in [-0.15, -0.1) is 0 Å². The highest BCUT2D eigenvalue weighted by Gasteiger charge is 2.31. The molecule has 0 aliphatic heterocycles. The van der Waals surface area contributed by atoms with Crippen molar-refractivity contribution in [2.24, 2.45) is 0 Å². The van der Waals surface area contributed by atoms with E-state index in [1.54, 1.807) is 0 Å². The van der Waals surface area contributed by atoms with E-state index in [4.69, 9.17) is 21.8 Å². The summed E-state index contributed by atoms with van der Waals surface area (Å²) in [7, 11) is 0.